The molecule has 1 heterocycles. The zero-order chi connectivity index (χ0) is 20.7. The van der Waals surface area contributed by atoms with Crippen molar-refractivity contribution in [3.63, 3.8) is 0 Å². The number of ether oxygens (including phenoxy) is 3. The summed E-state index contributed by atoms with van der Waals surface area (Å²) >= 11 is 1.25. The highest BCUT2D eigenvalue weighted by molar-refractivity contribution is 7.16. The number of carbonyl (C=O) groups is 3. The van der Waals surface area contributed by atoms with Gasteiger partial charge in [0.05, 0.1) is 19.3 Å². The molecule has 0 spiro atoms. The SMILES string of the molecule is CCOC(=O)c1cc(CC)sc1NC(=O)COC(=O)c1ccc(OC)cc1O. The van der Waals surface area contributed by atoms with Crippen molar-refractivity contribution < 1.29 is 33.7 Å². The molecular formula is C19H21NO7S. The molecule has 0 aliphatic rings. The lowest BCUT2D eigenvalue weighted by Gasteiger charge is -2.08. The van der Waals surface area contributed by atoms with Crippen LogP contribution in [-0.4, -0.2) is 43.3 Å². The largest absolute Gasteiger partial charge is 0.507 e. The molecule has 0 bridgehead atoms. The Morgan fingerprint density at radius 1 is 1.07 bits per heavy atom. The van der Waals surface area contributed by atoms with E-state index in [0.717, 1.165) is 4.88 Å². The van der Waals surface area contributed by atoms with Gasteiger partial charge >= 0.3 is 11.9 Å². The van der Waals surface area contributed by atoms with Crippen LogP contribution < -0.4 is 10.1 Å². The molecule has 1 aromatic heterocycles. The van der Waals surface area contributed by atoms with Crippen LogP contribution in [0.4, 0.5) is 5.00 Å². The monoisotopic (exact) mass is 407 g/mol. The van der Waals surface area contributed by atoms with E-state index >= 15 is 0 Å². The molecule has 0 unspecified atom stereocenters. The van der Waals surface area contributed by atoms with Crippen LogP contribution in [0, 0.1) is 0 Å². The topological polar surface area (TPSA) is 111 Å². The Morgan fingerprint density at radius 3 is 2.39 bits per heavy atom. The van der Waals surface area contributed by atoms with E-state index in [1.165, 1.54) is 36.6 Å². The van der Waals surface area contributed by atoms with Crippen LogP contribution in [0.25, 0.3) is 0 Å². The van der Waals surface area contributed by atoms with Gasteiger partial charge in [0.2, 0.25) is 0 Å². The van der Waals surface area contributed by atoms with Crippen molar-refractivity contribution in [3.05, 3.63) is 40.3 Å². The first kappa shape index (κ1) is 21.2. The molecule has 0 fully saturated rings. The smallest absolute Gasteiger partial charge is 0.342 e. The Morgan fingerprint density at radius 2 is 1.79 bits per heavy atom. The predicted octanol–water partition coefficient (Wildman–Crippen LogP) is 3.00. The van der Waals surface area contributed by atoms with Crippen LogP contribution in [-0.2, 0) is 20.7 Å². The number of aromatic hydroxyl groups is 1. The van der Waals surface area contributed by atoms with Gasteiger partial charge < -0.3 is 24.6 Å². The third-order valence-corrected chi connectivity index (χ3v) is 4.83. The third kappa shape index (κ3) is 5.23. The summed E-state index contributed by atoms with van der Waals surface area (Å²) in [4.78, 5) is 37.1. The number of methoxy groups -OCH3 is 1. The summed E-state index contributed by atoms with van der Waals surface area (Å²) < 4.78 is 14.9. The number of phenols is 1. The standard InChI is InChI=1S/C19H21NO7S/c1-4-12-9-14(19(24)26-5-2)17(28-12)20-16(22)10-27-18(23)13-7-6-11(25-3)8-15(13)21/h6-9,21H,4-5,10H2,1-3H3,(H,20,22). The van der Waals surface area contributed by atoms with Gasteiger partial charge in [0.15, 0.2) is 6.61 Å². The number of thiophene rings is 1. The first-order valence-electron chi connectivity index (χ1n) is 8.53. The molecule has 0 radical (unpaired) electrons. The van der Waals surface area contributed by atoms with Crippen molar-refractivity contribution >= 4 is 34.2 Å². The number of aryl methyl sites for hydroxylation is 1. The number of hydrogen-bond acceptors (Lipinski definition) is 8. The van der Waals surface area contributed by atoms with Crippen LogP contribution in [0.15, 0.2) is 24.3 Å². The van der Waals surface area contributed by atoms with Crippen molar-refractivity contribution in [2.75, 3.05) is 25.6 Å². The zero-order valence-electron chi connectivity index (χ0n) is 15.7. The lowest BCUT2D eigenvalue weighted by Crippen LogP contribution is -2.21. The number of phenolic OH excluding ortho intramolecular Hbond substituents is 1. The van der Waals surface area contributed by atoms with Gasteiger partial charge in [-0.05, 0) is 31.5 Å². The summed E-state index contributed by atoms with van der Waals surface area (Å²) in [6.07, 6.45) is 0.693. The Balaban J connectivity index is 2.02. The number of esters is 2. The molecule has 0 saturated heterocycles. The minimum absolute atomic E-state index is 0.0924. The second-order valence-electron chi connectivity index (χ2n) is 5.54. The number of hydrogen-bond donors (Lipinski definition) is 2. The van der Waals surface area contributed by atoms with E-state index in [4.69, 9.17) is 14.2 Å². The van der Waals surface area contributed by atoms with Crippen LogP contribution in [0.3, 0.4) is 0 Å². The fraction of sp³-hybridized carbons (Fsp3) is 0.316. The van der Waals surface area contributed by atoms with Gasteiger partial charge in [-0.3, -0.25) is 4.79 Å². The summed E-state index contributed by atoms with van der Waals surface area (Å²) in [7, 11) is 1.43. The van der Waals surface area contributed by atoms with Crippen LogP contribution in [0.1, 0.15) is 39.4 Å². The van der Waals surface area contributed by atoms with Crippen LogP contribution >= 0.6 is 11.3 Å². The molecule has 2 N–H and O–H groups in total. The molecule has 0 atom stereocenters. The number of benzene rings is 1. The van der Waals surface area contributed by atoms with E-state index in [9.17, 15) is 19.5 Å². The minimum atomic E-state index is -0.860. The van der Waals surface area contributed by atoms with Gasteiger partial charge in [0.25, 0.3) is 5.91 Å². The summed E-state index contributed by atoms with van der Waals surface area (Å²) in [5.74, 6) is -1.95. The van der Waals surface area contributed by atoms with Gasteiger partial charge in [-0.25, -0.2) is 9.59 Å². The fourth-order valence-electron chi connectivity index (χ4n) is 2.25. The first-order valence-corrected chi connectivity index (χ1v) is 9.35. The minimum Gasteiger partial charge on any atom is -0.507 e. The van der Waals surface area contributed by atoms with Gasteiger partial charge in [0, 0.05) is 10.9 Å². The highest BCUT2D eigenvalue weighted by Gasteiger charge is 2.20. The van der Waals surface area contributed by atoms with Crippen LogP contribution in [0.2, 0.25) is 0 Å². The molecule has 0 aliphatic carbocycles. The first-order chi connectivity index (χ1) is 13.4. The van der Waals surface area contributed by atoms with Crippen molar-refractivity contribution in [1.29, 1.82) is 0 Å². The molecule has 0 aliphatic heterocycles. The van der Waals surface area contributed by atoms with E-state index in [1.54, 1.807) is 13.0 Å². The van der Waals surface area contributed by atoms with E-state index in [2.05, 4.69) is 5.32 Å². The zero-order valence-corrected chi connectivity index (χ0v) is 16.6. The number of rotatable bonds is 8. The van der Waals surface area contributed by atoms with E-state index in [1.807, 2.05) is 6.92 Å². The van der Waals surface area contributed by atoms with Crippen LogP contribution in [0.5, 0.6) is 11.5 Å². The summed E-state index contributed by atoms with van der Waals surface area (Å²) in [5.41, 5.74) is 0.168. The highest BCUT2D eigenvalue weighted by atomic mass is 32.1. The Bertz CT molecular complexity index is 875. The fourth-order valence-corrected chi connectivity index (χ4v) is 3.25. The summed E-state index contributed by atoms with van der Waals surface area (Å²) in [6.45, 7) is 3.26. The van der Waals surface area contributed by atoms with Gasteiger partial charge in [-0.1, -0.05) is 6.92 Å². The maximum atomic E-state index is 12.1. The Labute approximate surface area is 166 Å². The highest BCUT2D eigenvalue weighted by Crippen LogP contribution is 2.29. The average molecular weight is 407 g/mol. The molecular weight excluding hydrogens is 386 g/mol. The number of nitrogens with one attached hydrogen (secondary N) is 1. The molecule has 28 heavy (non-hydrogen) atoms. The van der Waals surface area contributed by atoms with Gasteiger partial charge in [-0.2, -0.15) is 0 Å². The number of carbonyl (C=O) groups excluding carboxylic acids is 3. The van der Waals surface area contributed by atoms with Crippen molar-refractivity contribution in [1.82, 2.24) is 0 Å². The maximum absolute atomic E-state index is 12.1. The number of amides is 1. The Hall–Kier alpha value is -3.07. The van der Waals surface area contributed by atoms with E-state index < -0.39 is 24.5 Å². The quantitative estimate of drug-likeness (QED) is 0.647. The summed E-state index contributed by atoms with van der Waals surface area (Å²) in [5, 5.41) is 12.7. The Kier molecular flexibility index (Phi) is 7.39. The van der Waals surface area contributed by atoms with Crippen molar-refractivity contribution in [2.45, 2.75) is 20.3 Å². The van der Waals surface area contributed by atoms with Crippen molar-refractivity contribution in [3.8, 4) is 11.5 Å². The average Bonchev–Trinajstić information content (AvgIpc) is 3.09. The third-order valence-electron chi connectivity index (χ3n) is 3.64. The molecule has 2 rings (SSSR count). The molecule has 0 saturated carbocycles. The maximum Gasteiger partial charge on any atom is 0.342 e. The second-order valence-corrected chi connectivity index (χ2v) is 6.67. The van der Waals surface area contributed by atoms with Crippen molar-refractivity contribution in [2.24, 2.45) is 0 Å². The van der Waals surface area contributed by atoms with Gasteiger partial charge in [-0.15, -0.1) is 11.3 Å². The molecule has 1 amide bonds. The number of anilines is 1. The molecule has 9 heteroatoms. The lowest BCUT2D eigenvalue weighted by molar-refractivity contribution is -0.119. The summed E-state index contributed by atoms with van der Waals surface area (Å²) in [6, 6.07) is 5.75. The second kappa shape index (κ2) is 9.75. The predicted molar refractivity (Wildman–Crippen MR) is 103 cm³/mol. The molecule has 1 aromatic carbocycles. The molecule has 150 valence electrons. The molecule has 8 nitrogen and oxygen atoms in total. The van der Waals surface area contributed by atoms with E-state index in [0.29, 0.717) is 17.2 Å². The normalized spacial score (nSPS) is 10.2. The molecule has 2 aromatic rings. The lowest BCUT2D eigenvalue weighted by atomic mass is 10.2. The van der Waals surface area contributed by atoms with E-state index in [-0.39, 0.29) is 23.5 Å². The van der Waals surface area contributed by atoms with Gasteiger partial charge in [0.1, 0.15) is 22.1 Å².